The molecule has 0 bridgehead atoms. The van der Waals surface area contributed by atoms with Crippen LogP contribution in [0, 0.1) is 5.41 Å². The van der Waals surface area contributed by atoms with E-state index in [0.717, 1.165) is 19.4 Å². The Morgan fingerprint density at radius 1 is 1.65 bits per heavy atom. The Morgan fingerprint density at radius 3 is 2.88 bits per heavy atom. The van der Waals surface area contributed by atoms with Crippen molar-refractivity contribution in [2.75, 3.05) is 33.4 Å². The fourth-order valence-electron chi connectivity index (χ4n) is 1.93. The molecule has 0 aromatic rings. The molecule has 0 spiro atoms. The van der Waals surface area contributed by atoms with Gasteiger partial charge in [0.1, 0.15) is 0 Å². The van der Waals surface area contributed by atoms with E-state index in [-0.39, 0.29) is 36.9 Å². The minimum absolute atomic E-state index is 0. The first-order chi connectivity index (χ1) is 7.58. The van der Waals surface area contributed by atoms with Crippen LogP contribution in [0.5, 0.6) is 0 Å². The predicted octanol–water partition coefficient (Wildman–Crippen LogP) is -0.0786. The summed E-state index contributed by atoms with van der Waals surface area (Å²) in [6.07, 6.45) is 1.28. The van der Waals surface area contributed by atoms with E-state index in [9.17, 15) is 9.90 Å². The second kappa shape index (κ2) is 7.87. The molecule has 2 atom stereocenters. The van der Waals surface area contributed by atoms with Crippen LogP contribution in [0.25, 0.3) is 0 Å². The van der Waals surface area contributed by atoms with Crippen molar-refractivity contribution in [3.63, 3.8) is 0 Å². The Kier molecular flexibility index (Phi) is 7.70. The van der Waals surface area contributed by atoms with Gasteiger partial charge in [0.2, 0.25) is 5.91 Å². The molecule has 1 fully saturated rings. The molecule has 1 aliphatic rings. The van der Waals surface area contributed by atoms with Gasteiger partial charge in [0.05, 0.1) is 18.1 Å². The highest BCUT2D eigenvalue weighted by atomic mass is 35.5. The summed E-state index contributed by atoms with van der Waals surface area (Å²) in [6.45, 7) is 4.14. The van der Waals surface area contributed by atoms with Gasteiger partial charge in [-0.3, -0.25) is 4.79 Å². The number of aliphatic hydroxyl groups is 1. The number of piperidine rings is 1. The Labute approximate surface area is 109 Å². The van der Waals surface area contributed by atoms with Crippen LogP contribution in [0.1, 0.15) is 19.8 Å². The fourth-order valence-corrected chi connectivity index (χ4v) is 1.93. The molecule has 0 aromatic carbocycles. The first kappa shape index (κ1) is 16.6. The van der Waals surface area contributed by atoms with Crippen LogP contribution in [0.3, 0.4) is 0 Å². The number of methoxy groups -OCH3 is 1. The van der Waals surface area contributed by atoms with Crippen molar-refractivity contribution in [3.8, 4) is 0 Å². The van der Waals surface area contributed by atoms with E-state index in [2.05, 4.69) is 10.6 Å². The third-order valence-electron chi connectivity index (χ3n) is 3.00. The Balaban J connectivity index is 0.00000256. The maximum Gasteiger partial charge on any atom is 0.227 e. The number of ether oxygens (including phenoxy) is 1. The van der Waals surface area contributed by atoms with Crippen molar-refractivity contribution >= 4 is 18.3 Å². The second-order valence-corrected chi connectivity index (χ2v) is 4.66. The van der Waals surface area contributed by atoms with Crippen LogP contribution in [-0.4, -0.2) is 50.5 Å². The standard InChI is InChI=1S/C11H22N2O3.ClH/c1-11(4-3-5-12-8-11)10(15)13-6-9(14)7-16-2;/h9,12,14H,3-8H2,1-2H3,(H,13,15);1H. The zero-order valence-electron chi connectivity index (χ0n) is 10.5. The molecule has 5 nitrogen and oxygen atoms in total. The number of nitrogens with one attached hydrogen (secondary N) is 2. The lowest BCUT2D eigenvalue weighted by Gasteiger charge is -2.32. The number of carbonyl (C=O) groups excluding carboxylic acids is 1. The van der Waals surface area contributed by atoms with Crippen LogP contribution in [0.2, 0.25) is 0 Å². The highest BCUT2D eigenvalue weighted by Crippen LogP contribution is 2.25. The van der Waals surface area contributed by atoms with Crippen molar-refractivity contribution in [1.29, 1.82) is 0 Å². The van der Waals surface area contributed by atoms with Crippen LogP contribution in [0.15, 0.2) is 0 Å². The largest absolute Gasteiger partial charge is 0.389 e. The normalized spacial score (nSPS) is 25.8. The Hall–Kier alpha value is -0.360. The number of halogens is 1. The van der Waals surface area contributed by atoms with E-state index in [1.807, 2.05) is 6.92 Å². The highest BCUT2D eigenvalue weighted by molar-refractivity contribution is 5.85. The van der Waals surface area contributed by atoms with Crippen molar-refractivity contribution in [3.05, 3.63) is 0 Å². The maximum absolute atomic E-state index is 11.9. The minimum Gasteiger partial charge on any atom is -0.389 e. The lowest BCUT2D eigenvalue weighted by molar-refractivity contribution is -0.131. The minimum atomic E-state index is -0.630. The molecular formula is C11H23ClN2O3. The van der Waals surface area contributed by atoms with Gasteiger partial charge in [-0.05, 0) is 26.3 Å². The van der Waals surface area contributed by atoms with Crippen LogP contribution in [-0.2, 0) is 9.53 Å². The van der Waals surface area contributed by atoms with Crippen LogP contribution >= 0.6 is 12.4 Å². The molecule has 102 valence electrons. The summed E-state index contributed by atoms with van der Waals surface area (Å²) >= 11 is 0. The van der Waals surface area contributed by atoms with Crippen LogP contribution < -0.4 is 10.6 Å². The molecule has 0 radical (unpaired) electrons. The van der Waals surface area contributed by atoms with Crippen molar-refractivity contribution < 1.29 is 14.6 Å². The molecule has 2 unspecified atom stereocenters. The molecule has 17 heavy (non-hydrogen) atoms. The highest BCUT2D eigenvalue weighted by Gasteiger charge is 2.34. The third kappa shape index (κ3) is 5.21. The zero-order valence-corrected chi connectivity index (χ0v) is 11.3. The van der Waals surface area contributed by atoms with Gasteiger partial charge in [0.25, 0.3) is 0 Å². The molecule has 1 amide bonds. The zero-order chi connectivity index (χ0) is 12.0. The van der Waals surface area contributed by atoms with Gasteiger partial charge in [0, 0.05) is 20.2 Å². The van der Waals surface area contributed by atoms with E-state index in [1.165, 1.54) is 7.11 Å². The summed E-state index contributed by atoms with van der Waals surface area (Å²) in [7, 11) is 1.53. The number of aliphatic hydroxyl groups excluding tert-OH is 1. The van der Waals surface area contributed by atoms with Gasteiger partial charge in [-0.1, -0.05) is 0 Å². The van der Waals surface area contributed by atoms with Crippen LogP contribution in [0.4, 0.5) is 0 Å². The van der Waals surface area contributed by atoms with Crippen molar-refractivity contribution in [1.82, 2.24) is 10.6 Å². The fraction of sp³-hybridized carbons (Fsp3) is 0.909. The quantitative estimate of drug-likeness (QED) is 0.651. The van der Waals surface area contributed by atoms with Gasteiger partial charge in [-0.15, -0.1) is 12.4 Å². The molecule has 0 aromatic heterocycles. The summed E-state index contributed by atoms with van der Waals surface area (Å²) in [4.78, 5) is 11.9. The van der Waals surface area contributed by atoms with Gasteiger partial charge >= 0.3 is 0 Å². The molecular weight excluding hydrogens is 244 g/mol. The van der Waals surface area contributed by atoms with E-state index < -0.39 is 6.10 Å². The first-order valence-electron chi connectivity index (χ1n) is 5.74. The SMILES string of the molecule is COCC(O)CNC(=O)C1(C)CCCNC1.Cl. The molecule has 0 saturated carbocycles. The monoisotopic (exact) mass is 266 g/mol. The molecule has 3 N–H and O–H groups in total. The van der Waals surface area contributed by atoms with E-state index in [1.54, 1.807) is 0 Å². The molecule has 1 rings (SSSR count). The Morgan fingerprint density at radius 2 is 2.35 bits per heavy atom. The van der Waals surface area contributed by atoms with E-state index >= 15 is 0 Å². The average molecular weight is 267 g/mol. The summed E-state index contributed by atoms with van der Waals surface area (Å²) in [5.74, 6) is 0.00912. The van der Waals surface area contributed by atoms with Gasteiger partial charge in [0.15, 0.2) is 0 Å². The van der Waals surface area contributed by atoms with Gasteiger partial charge in [-0.2, -0.15) is 0 Å². The summed E-state index contributed by atoms with van der Waals surface area (Å²) in [5, 5.41) is 15.4. The Bertz CT molecular complexity index is 233. The van der Waals surface area contributed by atoms with E-state index in [4.69, 9.17) is 4.74 Å². The average Bonchev–Trinajstić information content (AvgIpc) is 2.27. The number of carbonyl (C=O) groups is 1. The summed E-state index contributed by atoms with van der Waals surface area (Å²) in [6, 6.07) is 0. The number of rotatable bonds is 5. The smallest absolute Gasteiger partial charge is 0.227 e. The first-order valence-corrected chi connectivity index (χ1v) is 5.74. The number of hydrogen-bond acceptors (Lipinski definition) is 4. The van der Waals surface area contributed by atoms with Gasteiger partial charge in [-0.25, -0.2) is 0 Å². The molecule has 0 aliphatic carbocycles. The lowest BCUT2D eigenvalue weighted by atomic mass is 9.82. The molecule has 6 heteroatoms. The molecule has 1 aliphatic heterocycles. The van der Waals surface area contributed by atoms with Crippen molar-refractivity contribution in [2.45, 2.75) is 25.9 Å². The summed E-state index contributed by atoms with van der Waals surface area (Å²) < 4.78 is 4.79. The second-order valence-electron chi connectivity index (χ2n) is 4.66. The molecule has 1 saturated heterocycles. The molecule has 1 heterocycles. The lowest BCUT2D eigenvalue weighted by Crippen LogP contribution is -2.50. The third-order valence-corrected chi connectivity index (χ3v) is 3.00. The number of amides is 1. The van der Waals surface area contributed by atoms with Crippen molar-refractivity contribution in [2.24, 2.45) is 5.41 Å². The number of hydrogen-bond donors (Lipinski definition) is 3. The van der Waals surface area contributed by atoms with Gasteiger partial charge < -0.3 is 20.5 Å². The van der Waals surface area contributed by atoms with E-state index in [0.29, 0.717) is 6.54 Å². The predicted molar refractivity (Wildman–Crippen MR) is 68.4 cm³/mol. The topological polar surface area (TPSA) is 70.6 Å². The summed E-state index contributed by atoms with van der Waals surface area (Å²) in [5.41, 5.74) is -0.342. The maximum atomic E-state index is 11.9.